The van der Waals surface area contributed by atoms with Crippen LogP contribution in [0.15, 0.2) is 42.5 Å². The summed E-state index contributed by atoms with van der Waals surface area (Å²) in [4.78, 5) is 14.4. The molecule has 2 nitrogen and oxygen atoms in total. The van der Waals surface area contributed by atoms with E-state index in [-0.39, 0.29) is 16.5 Å². The van der Waals surface area contributed by atoms with Gasteiger partial charge in [-0.25, -0.2) is 0 Å². The second-order valence-electron chi connectivity index (χ2n) is 5.35. The van der Waals surface area contributed by atoms with Gasteiger partial charge in [-0.2, -0.15) is 0 Å². The Morgan fingerprint density at radius 1 is 1.05 bits per heavy atom. The number of benzene rings is 2. The zero-order chi connectivity index (χ0) is 15.9. The molecule has 0 bridgehead atoms. The van der Waals surface area contributed by atoms with Crippen LogP contribution in [0.4, 0.5) is 5.69 Å². The van der Waals surface area contributed by atoms with Crippen molar-refractivity contribution in [1.82, 2.24) is 0 Å². The van der Waals surface area contributed by atoms with Crippen molar-refractivity contribution in [2.24, 2.45) is 0 Å². The minimum absolute atomic E-state index is 0.0826. The Morgan fingerprint density at radius 3 is 2.36 bits per heavy atom. The van der Waals surface area contributed by atoms with Crippen LogP contribution in [-0.4, -0.2) is 11.2 Å². The summed E-state index contributed by atoms with van der Waals surface area (Å²) in [5, 5.41) is 0.867. The molecule has 0 aliphatic carbocycles. The predicted octanol–water partition coefficient (Wildman–Crippen LogP) is 5.47. The molecule has 0 spiro atoms. The van der Waals surface area contributed by atoms with Gasteiger partial charge in [0.15, 0.2) is 0 Å². The Balaban J connectivity index is 2.02. The van der Waals surface area contributed by atoms with E-state index in [1.807, 2.05) is 55.1 Å². The van der Waals surface area contributed by atoms with Gasteiger partial charge in [-0.05, 0) is 43.7 Å². The first-order valence-electron chi connectivity index (χ1n) is 6.97. The number of hydrogen-bond donors (Lipinski definition) is 0. The van der Waals surface area contributed by atoms with E-state index >= 15 is 0 Å². The number of rotatable bonds is 2. The normalized spacial score (nSPS) is 21.5. The Hall–Kier alpha value is -1.16. The lowest BCUT2D eigenvalue weighted by atomic mass is 10.1. The van der Waals surface area contributed by atoms with Gasteiger partial charge in [0.25, 0.3) is 0 Å². The summed E-state index contributed by atoms with van der Waals surface area (Å²) in [7, 11) is 0. The van der Waals surface area contributed by atoms with Gasteiger partial charge >= 0.3 is 0 Å². The van der Waals surface area contributed by atoms with Gasteiger partial charge in [-0.1, -0.05) is 47.0 Å². The maximum absolute atomic E-state index is 12.6. The highest BCUT2D eigenvalue weighted by molar-refractivity contribution is 8.01. The molecule has 2 atom stereocenters. The van der Waals surface area contributed by atoms with Gasteiger partial charge in [-0.15, -0.1) is 11.8 Å². The lowest BCUT2D eigenvalue weighted by Gasteiger charge is -2.24. The van der Waals surface area contributed by atoms with Crippen LogP contribution in [0.25, 0.3) is 0 Å². The third-order valence-electron chi connectivity index (χ3n) is 3.69. The Morgan fingerprint density at radius 2 is 1.73 bits per heavy atom. The Labute approximate surface area is 144 Å². The molecule has 1 aliphatic heterocycles. The molecule has 1 aliphatic rings. The highest BCUT2D eigenvalue weighted by Gasteiger charge is 2.39. The molecular formula is C17H15Cl2NOS. The third-order valence-corrected chi connectivity index (χ3v) is 5.78. The average molecular weight is 352 g/mol. The summed E-state index contributed by atoms with van der Waals surface area (Å²) in [6, 6.07) is 13.5. The molecule has 1 heterocycles. The van der Waals surface area contributed by atoms with Gasteiger partial charge in [-0.3, -0.25) is 9.69 Å². The minimum atomic E-state index is -0.0834. The van der Waals surface area contributed by atoms with Crippen LogP contribution in [-0.2, 0) is 4.79 Å². The maximum Gasteiger partial charge on any atom is 0.241 e. The number of thioether (sulfide) groups is 1. The number of hydrogen-bond acceptors (Lipinski definition) is 2. The summed E-state index contributed by atoms with van der Waals surface area (Å²) in [5.41, 5.74) is 3.06. The van der Waals surface area contributed by atoms with Gasteiger partial charge in [0.2, 0.25) is 5.91 Å². The van der Waals surface area contributed by atoms with Gasteiger partial charge in [0.1, 0.15) is 5.37 Å². The summed E-state index contributed by atoms with van der Waals surface area (Å²) in [6.45, 7) is 3.97. The van der Waals surface area contributed by atoms with E-state index in [2.05, 4.69) is 0 Å². The van der Waals surface area contributed by atoms with Crippen LogP contribution in [0, 0.1) is 6.92 Å². The van der Waals surface area contributed by atoms with Crippen molar-refractivity contribution in [3.05, 3.63) is 63.6 Å². The minimum Gasteiger partial charge on any atom is -0.295 e. The van der Waals surface area contributed by atoms with Crippen LogP contribution < -0.4 is 4.90 Å². The molecular weight excluding hydrogens is 337 g/mol. The van der Waals surface area contributed by atoms with Gasteiger partial charge < -0.3 is 0 Å². The summed E-state index contributed by atoms with van der Waals surface area (Å²) < 4.78 is 0. The third kappa shape index (κ3) is 2.85. The molecule has 0 aromatic heterocycles. The number of carbonyl (C=O) groups is 1. The fourth-order valence-electron chi connectivity index (χ4n) is 2.49. The van der Waals surface area contributed by atoms with E-state index in [0.717, 1.165) is 11.3 Å². The standard InChI is InChI=1S/C17H15Cl2NOS/c1-10-3-6-13(7-4-10)20-16(21)11(2)22-17(20)12-5-8-14(18)15(19)9-12/h3-9,11,17H,1-2H3. The quantitative estimate of drug-likeness (QED) is 0.714. The van der Waals surface area contributed by atoms with Crippen LogP contribution in [0.5, 0.6) is 0 Å². The number of amides is 1. The zero-order valence-corrected chi connectivity index (χ0v) is 14.5. The molecule has 1 amide bonds. The zero-order valence-electron chi connectivity index (χ0n) is 12.2. The number of nitrogens with zero attached hydrogens (tertiary/aromatic N) is 1. The largest absolute Gasteiger partial charge is 0.295 e. The van der Waals surface area contributed by atoms with Crippen molar-refractivity contribution < 1.29 is 4.79 Å². The molecule has 2 aromatic carbocycles. The summed E-state index contributed by atoms with van der Waals surface area (Å²) in [5.74, 6) is 0.116. The fraction of sp³-hybridized carbons (Fsp3) is 0.235. The van der Waals surface area contributed by atoms with E-state index in [4.69, 9.17) is 23.2 Å². The molecule has 22 heavy (non-hydrogen) atoms. The van der Waals surface area contributed by atoms with Crippen molar-refractivity contribution in [3.63, 3.8) is 0 Å². The summed E-state index contributed by atoms with van der Waals surface area (Å²) >= 11 is 13.8. The molecule has 5 heteroatoms. The number of anilines is 1. The van der Waals surface area contributed by atoms with Crippen LogP contribution >= 0.6 is 35.0 Å². The monoisotopic (exact) mass is 351 g/mol. The molecule has 3 rings (SSSR count). The van der Waals surface area contributed by atoms with Crippen molar-refractivity contribution in [2.45, 2.75) is 24.5 Å². The van der Waals surface area contributed by atoms with Crippen molar-refractivity contribution in [3.8, 4) is 0 Å². The molecule has 114 valence electrons. The number of halogens is 2. The van der Waals surface area contributed by atoms with Crippen LogP contribution in [0.2, 0.25) is 10.0 Å². The maximum atomic E-state index is 12.6. The van der Waals surface area contributed by atoms with E-state index in [0.29, 0.717) is 10.0 Å². The predicted molar refractivity (Wildman–Crippen MR) is 94.9 cm³/mol. The number of carbonyl (C=O) groups excluding carboxylic acids is 1. The fourth-order valence-corrected chi connectivity index (χ4v) is 4.06. The SMILES string of the molecule is Cc1ccc(N2C(=O)C(C)SC2c2ccc(Cl)c(Cl)c2)cc1. The molecule has 0 saturated carbocycles. The molecule has 1 saturated heterocycles. The first kappa shape index (κ1) is 15.7. The van der Waals surface area contributed by atoms with E-state index < -0.39 is 0 Å². The lowest BCUT2D eigenvalue weighted by Crippen LogP contribution is -2.30. The second-order valence-corrected chi connectivity index (χ2v) is 7.59. The van der Waals surface area contributed by atoms with Crippen molar-refractivity contribution in [1.29, 1.82) is 0 Å². The topological polar surface area (TPSA) is 20.3 Å². The average Bonchev–Trinajstić information content (AvgIpc) is 2.79. The van der Waals surface area contributed by atoms with Crippen molar-refractivity contribution in [2.75, 3.05) is 4.90 Å². The Bertz CT molecular complexity index is 717. The molecule has 0 radical (unpaired) electrons. The first-order valence-corrected chi connectivity index (χ1v) is 8.67. The van der Waals surface area contributed by atoms with Crippen molar-refractivity contribution >= 4 is 46.6 Å². The first-order chi connectivity index (χ1) is 10.5. The number of aryl methyl sites for hydroxylation is 1. The molecule has 2 aromatic rings. The second kappa shape index (κ2) is 6.15. The lowest BCUT2D eigenvalue weighted by molar-refractivity contribution is -0.117. The molecule has 2 unspecified atom stereocenters. The molecule has 1 fully saturated rings. The van der Waals surface area contributed by atoms with Gasteiger partial charge in [0, 0.05) is 5.69 Å². The van der Waals surface area contributed by atoms with Crippen LogP contribution in [0.1, 0.15) is 23.4 Å². The Kier molecular flexibility index (Phi) is 4.40. The smallest absolute Gasteiger partial charge is 0.241 e. The molecule has 0 N–H and O–H groups in total. The van der Waals surface area contributed by atoms with Crippen LogP contribution in [0.3, 0.4) is 0 Å². The van der Waals surface area contributed by atoms with E-state index in [9.17, 15) is 4.79 Å². The highest BCUT2D eigenvalue weighted by atomic mass is 35.5. The highest BCUT2D eigenvalue weighted by Crippen LogP contribution is 2.46. The summed E-state index contributed by atoms with van der Waals surface area (Å²) in [6.07, 6.45) is 0. The van der Waals surface area contributed by atoms with E-state index in [1.165, 1.54) is 5.56 Å². The van der Waals surface area contributed by atoms with E-state index in [1.54, 1.807) is 17.8 Å². The van der Waals surface area contributed by atoms with Gasteiger partial charge in [0.05, 0.1) is 15.3 Å².